The number of benzene rings is 1. The average Bonchev–Trinajstić information content (AvgIpc) is 2.85. The van der Waals surface area contributed by atoms with Crippen LogP contribution in [0.15, 0.2) is 23.6 Å². The fraction of sp³-hybridized carbons (Fsp3) is 0.286. The summed E-state index contributed by atoms with van der Waals surface area (Å²) in [6.07, 6.45) is 1.87. The summed E-state index contributed by atoms with van der Waals surface area (Å²) in [6.45, 7) is 2.63. The Morgan fingerprint density at radius 3 is 3.05 bits per heavy atom. The fourth-order valence-electron chi connectivity index (χ4n) is 2.46. The van der Waals surface area contributed by atoms with Gasteiger partial charge in [-0.3, -0.25) is 4.79 Å². The van der Waals surface area contributed by atoms with Crippen molar-refractivity contribution in [1.82, 2.24) is 4.98 Å². The first-order chi connectivity index (χ1) is 9.16. The first-order valence-electron chi connectivity index (χ1n) is 6.28. The van der Waals surface area contributed by atoms with Crippen LogP contribution in [0.3, 0.4) is 0 Å². The standard InChI is InChI=1S/C14H15N3OS/c1-9-16-12(8-19-9)14(18)17-7-3-4-10-11(15)5-2-6-13(10)17/h2,5-6,8H,3-4,7,15H2,1H3. The van der Waals surface area contributed by atoms with E-state index in [9.17, 15) is 4.79 Å². The third kappa shape index (κ3) is 2.10. The molecule has 5 heteroatoms. The summed E-state index contributed by atoms with van der Waals surface area (Å²) in [5, 5.41) is 2.73. The van der Waals surface area contributed by atoms with Gasteiger partial charge < -0.3 is 10.6 Å². The third-order valence-corrected chi connectivity index (χ3v) is 4.14. The number of nitrogen functional groups attached to an aromatic ring is 1. The number of rotatable bonds is 1. The highest BCUT2D eigenvalue weighted by atomic mass is 32.1. The highest BCUT2D eigenvalue weighted by molar-refractivity contribution is 7.09. The predicted molar refractivity (Wildman–Crippen MR) is 77.7 cm³/mol. The zero-order chi connectivity index (χ0) is 13.4. The number of nitrogens with two attached hydrogens (primary N) is 1. The molecule has 1 aliphatic heterocycles. The van der Waals surface area contributed by atoms with Crippen LogP contribution in [-0.2, 0) is 6.42 Å². The van der Waals surface area contributed by atoms with Gasteiger partial charge in [-0.05, 0) is 37.5 Å². The molecule has 0 aliphatic carbocycles. The van der Waals surface area contributed by atoms with Crippen LogP contribution < -0.4 is 10.6 Å². The lowest BCUT2D eigenvalue weighted by Gasteiger charge is -2.29. The Morgan fingerprint density at radius 1 is 1.47 bits per heavy atom. The van der Waals surface area contributed by atoms with E-state index in [2.05, 4.69) is 4.98 Å². The summed E-state index contributed by atoms with van der Waals surface area (Å²) >= 11 is 1.50. The Hall–Kier alpha value is -1.88. The summed E-state index contributed by atoms with van der Waals surface area (Å²) in [4.78, 5) is 18.6. The number of anilines is 2. The topological polar surface area (TPSA) is 59.2 Å². The van der Waals surface area contributed by atoms with Crippen LogP contribution >= 0.6 is 11.3 Å². The molecular weight excluding hydrogens is 258 g/mol. The summed E-state index contributed by atoms with van der Waals surface area (Å²) in [6, 6.07) is 5.74. The molecule has 0 saturated carbocycles. The Labute approximate surface area is 115 Å². The Balaban J connectivity index is 2.00. The van der Waals surface area contributed by atoms with Gasteiger partial charge in [-0.1, -0.05) is 6.07 Å². The summed E-state index contributed by atoms with van der Waals surface area (Å²) in [7, 11) is 0. The second-order valence-corrected chi connectivity index (χ2v) is 5.72. The molecule has 0 atom stereocenters. The summed E-state index contributed by atoms with van der Waals surface area (Å²) < 4.78 is 0. The van der Waals surface area contributed by atoms with Crippen molar-refractivity contribution in [3.8, 4) is 0 Å². The van der Waals surface area contributed by atoms with Crippen molar-refractivity contribution >= 4 is 28.6 Å². The molecule has 4 nitrogen and oxygen atoms in total. The van der Waals surface area contributed by atoms with Crippen molar-refractivity contribution in [2.75, 3.05) is 17.2 Å². The molecule has 2 aromatic rings. The van der Waals surface area contributed by atoms with Crippen molar-refractivity contribution in [3.63, 3.8) is 0 Å². The van der Waals surface area contributed by atoms with Crippen molar-refractivity contribution < 1.29 is 4.79 Å². The number of fused-ring (bicyclic) bond motifs is 1. The molecule has 1 aliphatic rings. The van der Waals surface area contributed by atoms with Crippen molar-refractivity contribution in [1.29, 1.82) is 0 Å². The molecule has 3 rings (SSSR count). The van der Waals surface area contributed by atoms with E-state index in [0.717, 1.165) is 41.3 Å². The zero-order valence-corrected chi connectivity index (χ0v) is 11.5. The quantitative estimate of drug-likeness (QED) is 0.813. The maximum absolute atomic E-state index is 12.5. The number of nitrogens with zero attached hydrogens (tertiary/aromatic N) is 2. The Bertz CT molecular complexity index is 635. The molecular formula is C14H15N3OS. The van der Waals surface area contributed by atoms with E-state index in [4.69, 9.17) is 5.73 Å². The van der Waals surface area contributed by atoms with Crippen molar-refractivity contribution in [2.24, 2.45) is 0 Å². The lowest BCUT2D eigenvalue weighted by molar-refractivity contribution is 0.0981. The lowest BCUT2D eigenvalue weighted by atomic mass is 9.99. The van der Waals surface area contributed by atoms with Crippen LogP contribution in [0.4, 0.5) is 11.4 Å². The number of amides is 1. The van der Waals surface area contributed by atoms with Gasteiger partial charge in [0.05, 0.1) is 5.01 Å². The van der Waals surface area contributed by atoms with E-state index in [0.29, 0.717) is 5.69 Å². The van der Waals surface area contributed by atoms with Gasteiger partial charge in [-0.25, -0.2) is 4.98 Å². The van der Waals surface area contributed by atoms with E-state index in [-0.39, 0.29) is 5.91 Å². The second kappa shape index (κ2) is 4.66. The monoisotopic (exact) mass is 273 g/mol. The minimum absolute atomic E-state index is 0.0316. The minimum Gasteiger partial charge on any atom is -0.398 e. The highest BCUT2D eigenvalue weighted by Gasteiger charge is 2.25. The van der Waals surface area contributed by atoms with Gasteiger partial charge in [0.2, 0.25) is 0 Å². The van der Waals surface area contributed by atoms with Gasteiger partial charge in [-0.2, -0.15) is 0 Å². The fourth-order valence-corrected chi connectivity index (χ4v) is 3.05. The molecule has 2 heterocycles. The van der Waals surface area contributed by atoms with E-state index >= 15 is 0 Å². The van der Waals surface area contributed by atoms with Gasteiger partial charge in [0, 0.05) is 23.3 Å². The molecule has 1 aromatic carbocycles. The smallest absolute Gasteiger partial charge is 0.277 e. The van der Waals surface area contributed by atoms with Crippen LogP contribution in [0, 0.1) is 6.92 Å². The van der Waals surface area contributed by atoms with Crippen molar-refractivity contribution in [2.45, 2.75) is 19.8 Å². The van der Waals surface area contributed by atoms with Crippen LogP contribution in [0.1, 0.15) is 27.5 Å². The number of aryl methyl sites for hydroxylation is 1. The molecule has 0 saturated heterocycles. The lowest BCUT2D eigenvalue weighted by Crippen LogP contribution is -2.36. The summed E-state index contributed by atoms with van der Waals surface area (Å²) in [5.41, 5.74) is 9.30. The SMILES string of the molecule is Cc1nc(C(=O)N2CCCc3c(N)cccc32)cs1. The third-order valence-electron chi connectivity index (χ3n) is 3.37. The number of thiazole rings is 1. The van der Waals surface area contributed by atoms with Crippen LogP contribution in [0.5, 0.6) is 0 Å². The molecule has 0 radical (unpaired) electrons. The first-order valence-corrected chi connectivity index (χ1v) is 7.16. The van der Waals surface area contributed by atoms with Crippen LogP contribution in [0.25, 0.3) is 0 Å². The number of aromatic nitrogens is 1. The molecule has 2 N–H and O–H groups in total. The summed E-state index contributed by atoms with van der Waals surface area (Å²) in [5.74, 6) is -0.0316. The first kappa shape index (κ1) is 12.2. The Morgan fingerprint density at radius 2 is 2.32 bits per heavy atom. The van der Waals surface area contributed by atoms with Crippen LogP contribution in [0.2, 0.25) is 0 Å². The molecule has 0 bridgehead atoms. The molecule has 1 amide bonds. The number of carbonyl (C=O) groups is 1. The van der Waals surface area contributed by atoms with E-state index in [1.807, 2.05) is 30.5 Å². The largest absolute Gasteiger partial charge is 0.398 e. The van der Waals surface area contributed by atoms with E-state index < -0.39 is 0 Å². The number of carbonyl (C=O) groups excluding carboxylic acids is 1. The molecule has 98 valence electrons. The maximum Gasteiger partial charge on any atom is 0.277 e. The molecule has 0 fully saturated rings. The van der Waals surface area contributed by atoms with Crippen LogP contribution in [-0.4, -0.2) is 17.4 Å². The second-order valence-electron chi connectivity index (χ2n) is 4.66. The number of hydrogen-bond acceptors (Lipinski definition) is 4. The van der Waals surface area contributed by atoms with Gasteiger partial charge in [-0.15, -0.1) is 11.3 Å². The van der Waals surface area contributed by atoms with Crippen molar-refractivity contribution in [3.05, 3.63) is 39.8 Å². The predicted octanol–water partition coefficient (Wildman–Crippen LogP) is 2.63. The normalized spacial score (nSPS) is 14.3. The van der Waals surface area contributed by atoms with Gasteiger partial charge >= 0.3 is 0 Å². The highest BCUT2D eigenvalue weighted by Crippen LogP contribution is 2.32. The molecule has 1 aromatic heterocycles. The molecule has 0 spiro atoms. The zero-order valence-electron chi connectivity index (χ0n) is 10.7. The Kier molecular flexibility index (Phi) is 2.98. The minimum atomic E-state index is -0.0316. The molecule has 0 unspecified atom stereocenters. The average molecular weight is 273 g/mol. The van der Waals surface area contributed by atoms with Gasteiger partial charge in [0.25, 0.3) is 5.91 Å². The van der Waals surface area contributed by atoms with Gasteiger partial charge in [0.1, 0.15) is 5.69 Å². The van der Waals surface area contributed by atoms with E-state index in [1.54, 1.807) is 4.90 Å². The number of hydrogen-bond donors (Lipinski definition) is 1. The molecule has 19 heavy (non-hydrogen) atoms. The van der Waals surface area contributed by atoms with E-state index in [1.165, 1.54) is 11.3 Å². The van der Waals surface area contributed by atoms with Gasteiger partial charge in [0.15, 0.2) is 0 Å². The maximum atomic E-state index is 12.5.